The van der Waals surface area contributed by atoms with Gasteiger partial charge >= 0.3 is 0 Å². The summed E-state index contributed by atoms with van der Waals surface area (Å²) in [6, 6.07) is 10.7. The summed E-state index contributed by atoms with van der Waals surface area (Å²) in [7, 11) is -3.90. The number of nitrogens with zero attached hydrogens (tertiary/aromatic N) is 1. The first-order chi connectivity index (χ1) is 9.01. The summed E-state index contributed by atoms with van der Waals surface area (Å²) in [5, 5.41) is 0. The second-order valence-electron chi connectivity index (χ2n) is 4.05. The first-order valence-electron chi connectivity index (χ1n) is 5.46. The van der Waals surface area contributed by atoms with Gasteiger partial charge in [-0.15, -0.1) is 0 Å². The topological polar surface area (TPSA) is 54.5 Å². The number of halogens is 1. The number of hydrogen-bond donors (Lipinski definition) is 0. The second-order valence-corrected chi connectivity index (χ2v) is 5.80. The summed E-state index contributed by atoms with van der Waals surface area (Å²) < 4.78 is 38.1. The van der Waals surface area contributed by atoms with Gasteiger partial charge in [0.2, 0.25) is 0 Å². The first kappa shape index (κ1) is 11.9. The molecular formula is C13H8FNO3S. The molecule has 6 heteroatoms. The zero-order valence-corrected chi connectivity index (χ0v) is 10.4. The lowest BCUT2D eigenvalue weighted by Crippen LogP contribution is -2.29. The Kier molecular flexibility index (Phi) is 2.43. The van der Waals surface area contributed by atoms with Crippen LogP contribution in [-0.4, -0.2) is 14.3 Å². The zero-order chi connectivity index (χ0) is 13.6. The Labute approximate surface area is 109 Å². The molecule has 1 aliphatic heterocycles. The fraction of sp³-hybridized carbons (Fsp3) is 0. The number of rotatable bonds is 1. The summed E-state index contributed by atoms with van der Waals surface area (Å²) in [4.78, 5) is 12.1. The minimum atomic E-state index is -3.90. The molecule has 0 unspecified atom stereocenters. The van der Waals surface area contributed by atoms with Crippen molar-refractivity contribution in [1.82, 2.24) is 0 Å². The van der Waals surface area contributed by atoms with Crippen LogP contribution in [0.4, 0.5) is 10.1 Å². The van der Waals surface area contributed by atoms with E-state index < -0.39 is 21.7 Å². The lowest BCUT2D eigenvalue weighted by atomic mass is 10.2. The molecule has 0 saturated heterocycles. The minimum absolute atomic E-state index is 0.0238. The van der Waals surface area contributed by atoms with Gasteiger partial charge in [-0.25, -0.2) is 12.8 Å². The van der Waals surface area contributed by atoms with Crippen LogP contribution in [0.3, 0.4) is 0 Å². The molecule has 4 nitrogen and oxygen atoms in total. The van der Waals surface area contributed by atoms with Crippen molar-refractivity contribution in [2.45, 2.75) is 4.90 Å². The Morgan fingerprint density at radius 1 is 0.947 bits per heavy atom. The van der Waals surface area contributed by atoms with Gasteiger partial charge in [-0.3, -0.25) is 4.79 Å². The molecule has 2 aromatic carbocycles. The van der Waals surface area contributed by atoms with Crippen molar-refractivity contribution in [1.29, 1.82) is 0 Å². The molecule has 0 radical (unpaired) electrons. The van der Waals surface area contributed by atoms with Crippen molar-refractivity contribution >= 4 is 21.6 Å². The van der Waals surface area contributed by atoms with Crippen LogP contribution in [0.1, 0.15) is 10.4 Å². The van der Waals surface area contributed by atoms with Crippen LogP contribution >= 0.6 is 0 Å². The van der Waals surface area contributed by atoms with E-state index in [0.717, 1.165) is 12.1 Å². The minimum Gasteiger partial charge on any atom is -0.268 e. The summed E-state index contributed by atoms with van der Waals surface area (Å²) in [6.45, 7) is 0. The van der Waals surface area contributed by atoms with Crippen molar-refractivity contribution in [3.63, 3.8) is 0 Å². The van der Waals surface area contributed by atoms with Gasteiger partial charge in [-0.05, 0) is 36.4 Å². The van der Waals surface area contributed by atoms with E-state index in [1.165, 1.54) is 24.3 Å². The van der Waals surface area contributed by atoms with Crippen LogP contribution in [-0.2, 0) is 10.0 Å². The van der Waals surface area contributed by atoms with Gasteiger partial charge in [-0.1, -0.05) is 12.1 Å². The number of benzene rings is 2. The second kappa shape index (κ2) is 3.89. The van der Waals surface area contributed by atoms with Gasteiger partial charge in [-0.2, -0.15) is 4.31 Å². The van der Waals surface area contributed by atoms with Crippen LogP contribution in [0, 0.1) is 5.82 Å². The smallest absolute Gasteiger partial charge is 0.268 e. The first-order valence-corrected chi connectivity index (χ1v) is 6.90. The third kappa shape index (κ3) is 1.64. The van der Waals surface area contributed by atoms with E-state index in [4.69, 9.17) is 0 Å². The standard InChI is InChI=1S/C13H8FNO3S/c14-9-5-7-10(8-6-9)15-13(16)11-3-1-2-4-12(11)19(15,17)18/h1-8H. The number of carbonyl (C=O) groups is 1. The Morgan fingerprint density at radius 2 is 1.58 bits per heavy atom. The Bertz CT molecular complexity index is 769. The number of hydrogen-bond acceptors (Lipinski definition) is 3. The van der Waals surface area contributed by atoms with Gasteiger partial charge in [0, 0.05) is 0 Å². The maximum absolute atomic E-state index is 12.9. The predicted octanol–water partition coefficient (Wildman–Crippen LogP) is 2.17. The van der Waals surface area contributed by atoms with Crippen LogP contribution in [0.5, 0.6) is 0 Å². The molecule has 0 aromatic heterocycles. The fourth-order valence-corrected chi connectivity index (χ4v) is 3.61. The molecule has 0 saturated carbocycles. The maximum Gasteiger partial charge on any atom is 0.273 e. The highest BCUT2D eigenvalue weighted by atomic mass is 32.2. The van der Waals surface area contributed by atoms with Crippen molar-refractivity contribution in [2.75, 3.05) is 4.31 Å². The highest BCUT2D eigenvalue weighted by Crippen LogP contribution is 2.34. The summed E-state index contributed by atoms with van der Waals surface area (Å²) in [5.41, 5.74) is 0.259. The highest BCUT2D eigenvalue weighted by Gasteiger charge is 2.41. The molecule has 0 bridgehead atoms. The van der Waals surface area contributed by atoms with Crippen LogP contribution in [0.2, 0.25) is 0 Å². The molecule has 2 aromatic rings. The van der Waals surface area contributed by atoms with E-state index in [2.05, 4.69) is 0 Å². The van der Waals surface area contributed by atoms with E-state index in [9.17, 15) is 17.6 Å². The predicted molar refractivity (Wildman–Crippen MR) is 66.8 cm³/mol. The summed E-state index contributed by atoms with van der Waals surface area (Å²) in [6.07, 6.45) is 0. The van der Waals surface area contributed by atoms with Gasteiger partial charge in [0.25, 0.3) is 15.9 Å². The normalized spacial score (nSPS) is 16.5. The van der Waals surface area contributed by atoms with Crippen molar-refractivity contribution in [3.05, 3.63) is 59.9 Å². The van der Waals surface area contributed by atoms with Crippen LogP contribution in [0.25, 0.3) is 0 Å². The number of fused-ring (bicyclic) bond motifs is 1. The average Bonchev–Trinajstić information content (AvgIpc) is 2.60. The average molecular weight is 277 g/mol. The molecule has 19 heavy (non-hydrogen) atoms. The van der Waals surface area contributed by atoms with E-state index >= 15 is 0 Å². The van der Waals surface area contributed by atoms with Crippen LogP contribution < -0.4 is 4.31 Å². The van der Waals surface area contributed by atoms with Crippen molar-refractivity contribution in [2.24, 2.45) is 0 Å². The quantitative estimate of drug-likeness (QED) is 0.802. The Hall–Kier alpha value is -2.21. The number of carbonyl (C=O) groups excluding carboxylic acids is 1. The lowest BCUT2D eigenvalue weighted by molar-refractivity contribution is 0.101. The largest absolute Gasteiger partial charge is 0.273 e. The number of anilines is 1. The molecule has 0 aliphatic carbocycles. The lowest BCUT2D eigenvalue weighted by Gasteiger charge is -2.14. The van der Waals surface area contributed by atoms with Crippen LogP contribution in [0.15, 0.2) is 53.4 Å². The summed E-state index contributed by atoms with van der Waals surface area (Å²) in [5.74, 6) is -1.12. The molecule has 0 spiro atoms. The molecule has 1 amide bonds. The molecule has 96 valence electrons. The van der Waals surface area contributed by atoms with Crippen molar-refractivity contribution < 1.29 is 17.6 Å². The van der Waals surface area contributed by atoms with Gasteiger partial charge in [0.1, 0.15) is 10.7 Å². The molecule has 1 heterocycles. The van der Waals surface area contributed by atoms with Crippen molar-refractivity contribution in [3.8, 4) is 0 Å². The molecular weight excluding hydrogens is 269 g/mol. The third-order valence-corrected chi connectivity index (χ3v) is 4.65. The fourth-order valence-electron chi connectivity index (χ4n) is 2.02. The molecule has 0 atom stereocenters. The van der Waals surface area contributed by atoms with Gasteiger partial charge in [0.05, 0.1) is 11.3 Å². The third-order valence-electron chi connectivity index (χ3n) is 2.88. The van der Waals surface area contributed by atoms with E-state index in [-0.39, 0.29) is 16.1 Å². The molecule has 0 fully saturated rings. The molecule has 0 N–H and O–H groups in total. The Balaban J connectivity index is 2.21. The zero-order valence-electron chi connectivity index (χ0n) is 9.58. The van der Waals surface area contributed by atoms with Gasteiger partial charge in [0.15, 0.2) is 0 Å². The number of amides is 1. The highest BCUT2D eigenvalue weighted by molar-refractivity contribution is 7.94. The SMILES string of the molecule is O=C1c2ccccc2S(=O)(=O)N1c1ccc(F)cc1. The maximum atomic E-state index is 12.9. The van der Waals surface area contributed by atoms with E-state index in [1.54, 1.807) is 12.1 Å². The monoisotopic (exact) mass is 277 g/mol. The number of sulfonamides is 1. The Morgan fingerprint density at radius 3 is 2.21 bits per heavy atom. The molecule has 1 aliphatic rings. The van der Waals surface area contributed by atoms with Gasteiger partial charge < -0.3 is 0 Å². The van der Waals surface area contributed by atoms with E-state index in [0.29, 0.717) is 4.31 Å². The summed E-state index contributed by atoms with van der Waals surface area (Å²) >= 11 is 0. The van der Waals surface area contributed by atoms with E-state index in [1.807, 2.05) is 0 Å². The molecule has 3 rings (SSSR count).